The molecule has 32 heavy (non-hydrogen) atoms. The Morgan fingerprint density at radius 1 is 0.906 bits per heavy atom. The monoisotopic (exact) mass is 449 g/mol. The van der Waals surface area contributed by atoms with Gasteiger partial charge in [0.05, 0.1) is 11.3 Å². The topological polar surface area (TPSA) is 103 Å². The summed E-state index contributed by atoms with van der Waals surface area (Å²) in [5.74, 6) is -0.423. The number of benzene rings is 3. The summed E-state index contributed by atoms with van der Waals surface area (Å²) in [5.41, 5.74) is 1.12. The van der Waals surface area contributed by atoms with Crippen LogP contribution in [0.5, 0.6) is 0 Å². The molecule has 0 aliphatic heterocycles. The van der Waals surface area contributed by atoms with Crippen LogP contribution in [0.3, 0.4) is 0 Å². The normalized spacial score (nSPS) is 11.2. The number of esters is 1. The van der Waals surface area contributed by atoms with Gasteiger partial charge in [-0.15, -0.1) is 10.2 Å². The molecule has 3 aromatic carbocycles. The number of carbonyl (C=O) groups excluding carboxylic acids is 1. The molecule has 1 heterocycles. The Morgan fingerprint density at radius 3 is 2.25 bits per heavy atom. The molecule has 0 aliphatic rings. The maximum absolute atomic E-state index is 13.2. The molecule has 0 spiro atoms. The number of para-hydroxylation sites is 1. The van der Waals surface area contributed by atoms with E-state index in [9.17, 15) is 13.2 Å². The Labute approximate surface area is 185 Å². The van der Waals surface area contributed by atoms with E-state index in [1.165, 1.54) is 19.2 Å². The van der Waals surface area contributed by atoms with Crippen molar-refractivity contribution in [3.05, 3.63) is 96.4 Å². The second kappa shape index (κ2) is 9.03. The van der Waals surface area contributed by atoms with E-state index in [0.717, 1.165) is 9.87 Å². The van der Waals surface area contributed by atoms with Crippen LogP contribution in [-0.2, 0) is 21.4 Å². The lowest BCUT2D eigenvalue weighted by Crippen LogP contribution is -2.28. The van der Waals surface area contributed by atoms with E-state index in [1.807, 2.05) is 30.3 Å². The second-order valence-electron chi connectivity index (χ2n) is 6.75. The standard InChI is InChI=1S/C23H19N3O5S/c1-26(18-12-6-3-7-13-18)32(28,29)20-15-9-8-14-19(20)23(27)30-16-21-24-25-22(31-21)17-10-4-2-5-11-17/h2-15H,16H2,1H3. The first-order chi connectivity index (χ1) is 15.5. The summed E-state index contributed by atoms with van der Waals surface area (Å²) in [6.45, 7) is -0.290. The maximum Gasteiger partial charge on any atom is 0.340 e. The lowest BCUT2D eigenvalue weighted by atomic mass is 10.2. The van der Waals surface area contributed by atoms with Crippen LogP contribution < -0.4 is 4.31 Å². The molecule has 162 valence electrons. The molecule has 0 aliphatic carbocycles. The Hall–Kier alpha value is -3.98. The van der Waals surface area contributed by atoms with Gasteiger partial charge in [-0.3, -0.25) is 4.31 Å². The fraction of sp³-hybridized carbons (Fsp3) is 0.0870. The third kappa shape index (κ3) is 4.37. The molecule has 0 unspecified atom stereocenters. The van der Waals surface area contributed by atoms with Crippen molar-refractivity contribution in [1.82, 2.24) is 10.2 Å². The van der Waals surface area contributed by atoms with Gasteiger partial charge < -0.3 is 9.15 Å². The molecule has 0 saturated carbocycles. The molecule has 0 N–H and O–H groups in total. The lowest BCUT2D eigenvalue weighted by Gasteiger charge is -2.20. The Balaban J connectivity index is 1.53. The summed E-state index contributed by atoms with van der Waals surface area (Å²) in [6.07, 6.45) is 0. The van der Waals surface area contributed by atoms with Crippen LogP contribution in [0.15, 0.2) is 94.2 Å². The number of nitrogens with zero attached hydrogens (tertiary/aromatic N) is 3. The zero-order valence-electron chi connectivity index (χ0n) is 17.1. The highest BCUT2D eigenvalue weighted by molar-refractivity contribution is 7.92. The van der Waals surface area contributed by atoms with Gasteiger partial charge in [0.25, 0.3) is 15.9 Å². The van der Waals surface area contributed by atoms with E-state index in [-0.39, 0.29) is 23.0 Å². The van der Waals surface area contributed by atoms with Crippen LogP contribution in [0.25, 0.3) is 11.5 Å². The van der Waals surface area contributed by atoms with Crippen LogP contribution in [0.1, 0.15) is 16.2 Å². The molecule has 1 aromatic heterocycles. The summed E-state index contributed by atoms with van der Waals surface area (Å²) < 4.78 is 38.2. The van der Waals surface area contributed by atoms with E-state index in [2.05, 4.69) is 10.2 Å². The summed E-state index contributed by atoms with van der Waals surface area (Å²) in [6, 6.07) is 23.6. The number of hydrogen-bond acceptors (Lipinski definition) is 7. The Morgan fingerprint density at radius 2 is 1.53 bits per heavy atom. The molecule has 8 nitrogen and oxygen atoms in total. The number of sulfonamides is 1. The van der Waals surface area contributed by atoms with Crippen molar-refractivity contribution in [3.8, 4) is 11.5 Å². The molecule has 0 fully saturated rings. The molecule has 0 saturated heterocycles. The zero-order valence-corrected chi connectivity index (χ0v) is 17.9. The molecule has 0 amide bonds. The maximum atomic E-state index is 13.2. The number of carbonyl (C=O) groups is 1. The predicted molar refractivity (Wildman–Crippen MR) is 117 cm³/mol. The van der Waals surface area contributed by atoms with Gasteiger partial charge in [-0.05, 0) is 36.4 Å². The minimum absolute atomic E-state index is 0.0851. The van der Waals surface area contributed by atoms with Crippen molar-refractivity contribution in [2.24, 2.45) is 0 Å². The van der Waals surface area contributed by atoms with Gasteiger partial charge in [0.15, 0.2) is 6.61 Å². The highest BCUT2D eigenvalue weighted by atomic mass is 32.2. The number of hydrogen-bond donors (Lipinski definition) is 0. The first kappa shape index (κ1) is 21.3. The van der Waals surface area contributed by atoms with Crippen molar-refractivity contribution in [2.45, 2.75) is 11.5 Å². The van der Waals surface area contributed by atoms with Crippen LogP contribution in [0.2, 0.25) is 0 Å². The molecule has 0 bridgehead atoms. The van der Waals surface area contributed by atoms with Crippen LogP contribution >= 0.6 is 0 Å². The smallest absolute Gasteiger partial charge is 0.340 e. The highest BCUT2D eigenvalue weighted by Crippen LogP contribution is 2.25. The lowest BCUT2D eigenvalue weighted by molar-refractivity contribution is 0.0434. The van der Waals surface area contributed by atoms with Gasteiger partial charge in [-0.1, -0.05) is 48.5 Å². The SMILES string of the molecule is CN(c1ccccc1)S(=O)(=O)c1ccccc1C(=O)OCc1nnc(-c2ccccc2)o1. The summed E-state index contributed by atoms with van der Waals surface area (Å²) in [4.78, 5) is 12.6. The van der Waals surface area contributed by atoms with Crippen LogP contribution in [0, 0.1) is 0 Å². The van der Waals surface area contributed by atoms with Crippen molar-refractivity contribution >= 4 is 21.7 Å². The van der Waals surface area contributed by atoms with Gasteiger partial charge >= 0.3 is 5.97 Å². The van der Waals surface area contributed by atoms with Gasteiger partial charge in [-0.2, -0.15) is 0 Å². The molecule has 0 radical (unpaired) electrons. The fourth-order valence-corrected chi connectivity index (χ4v) is 4.37. The minimum Gasteiger partial charge on any atom is -0.452 e. The first-order valence-corrected chi connectivity index (χ1v) is 11.1. The first-order valence-electron chi connectivity index (χ1n) is 9.65. The zero-order chi connectivity index (χ0) is 22.6. The average molecular weight is 449 g/mol. The van der Waals surface area contributed by atoms with Crippen molar-refractivity contribution in [1.29, 1.82) is 0 Å². The number of ether oxygens (including phenoxy) is 1. The molecule has 4 aromatic rings. The van der Waals surface area contributed by atoms with E-state index >= 15 is 0 Å². The minimum atomic E-state index is -4.00. The van der Waals surface area contributed by atoms with Gasteiger partial charge in [0, 0.05) is 12.6 Å². The Bertz CT molecular complexity index is 1320. The van der Waals surface area contributed by atoms with E-state index in [4.69, 9.17) is 9.15 Å². The van der Waals surface area contributed by atoms with E-state index < -0.39 is 16.0 Å². The van der Waals surface area contributed by atoms with Crippen molar-refractivity contribution < 1.29 is 22.4 Å². The summed E-state index contributed by atoms with van der Waals surface area (Å²) >= 11 is 0. The third-order valence-electron chi connectivity index (χ3n) is 4.68. The van der Waals surface area contributed by atoms with Crippen LogP contribution in [-0.4, -0.2) is 31.6 Å². The van der Waals surface area contributed by atoms with Crippen molar-refractivity contribution in [3.63, 3.8) is 0 Å². The largest absolute Gasteiger partial charge is 0.452 e. The second-order valence-corrected chi connectivity index (χ2v) is 8.69. The van der Waals surface area contributed by atoms with Gasteiger partial charge in [0.2, 0.25) is 5.89 Å². The number of rotatable bonds is 7. The average Bonchev–Trinajstić information content (AvgIpc) is 3.32. The molecular formula is C23H19N3O5S. The Kier molecular flexibility index (Phi) is 6.00. The fourth-order valence-electron chi connectivity index (χ4n) is 3.00. The predicted octanol–water partition coefficient (Wildman–Crippen LogP) is 3.92. The number of anilines is 1. The van der Waals surface area contributed by atoms with Gasteiger partial charge in [-0.25, -0.2) is 13.2 Å². The van der Waals surface area contributed by atoms with Crippen molar-refractivity contribution in [2.75, 3.05) is 11.4 Å². The quantitative estimate of drug-likeness (QED) is 0.394. The molecule has 4 rings (SSSR count). The summed E-state index contributed by atoms with van der Waals surface area (Å²) in [5, 5.41) is 7.82. The summed E-state index contributed by atoms with van der Waals surface area (Å²) in [7, 11) is -2.57. The molecular weight excluding hydrogens is 430 g/mol. The number of aromatic nitrogens is 2. The van der Waals surface area contributed by atoms with E-state index in [0.29, 0.717) is 11.6 Å². The molecule has 0 atom stereocenters. The molecule has 9 heteroatoms. The highest BCUT2D eigenvalue weighted by Gasteiger charge is 2.27. The third-order valence-corrected chi connectivity index (χ3v) is 6.52. The van der Waals surface area contributed by atoms with E-state index in [1.54, 1.807) is 42.5 Å². The van der Waals surface area contributed by atoms with Gasteiger partial charge in [0.1, 0.15) is 4.90 Å². The van der Waals surface area contributed by atoms with Crippen LogP contribution in [0.4, 0.5) is 5.69 Å².